The van der Waals surface area contributed by atoms with E-state index >= 15 is 0 Å². The molecule has 9 heteroatoms. The number of ether oxygens (including phenoxy) is 2. The van der Waals surface area contributed by atoms with Crippen molar-refractivity contribution in [1.29, 1.82) is 0 Å². The number of halogens is 4. The van der Waals surface area contributed by atoms with Crippen LogP contribution >= 0.6 is 57.4 Å². The Bertz CT molecular complexity index is 476. The first-order chi connectivity index (χ1) is 9.97. The maximum atomic E-state index is 12.3. The van der Waals surface area contributed by atoms with E-state index in [1.165, 1.54) is 0 Å². The minimum Gasteiger partial charge on any atom is -0.471 e. The van der Waals surface area contributed by atoms with Crippen LogP contribution in [0.15, 0.2) is 4.99 Å². The summed E-state index contributed by atoms with van der Waals surface area (Å²) >= 11 is 19.8. The molecule has 0 aliphatic carbocycles. The highest BCUT2D eigenvalue weighted by atomic mass is 127. The molecule has 0 unspecified atom stereocenters. The van der Waals surface area contributed by atoms with Gasteiger partial charge >= 0.3 is 6.09 Å². The summed E-state index contributed by atoms with van der Waals surface area (Å²) in [6.45, 7) is 6.50. The minimum absolute atomic E-state index is 0.0974. The van der Waals surface area contributed by atoms with Crippen LogP contribution in [0.1, 0.15) is 27.2 Å². The Morgan fingerprint density at radius 2 is 2.05 bits per heavy atom. The Balaban J connectivity index is 2.13. The average Bonchev–Trinajstić information content (AvgIpc) is 2.69. The van der Waals surface area contributed by atoms with Crippen molar-refractivity contribution < 1.29 is 14.3 Å². The third-order valence-corrected chi connectivity index (χ3v) is 5.06. The van der Waals surface area contributed by atoms with Crippen LogP contribution in [-0.2, 0) is 9.47 Å². The van der Waals surface area contributed by atoms with Gasteiger partial charge in [0.1, 0.15) is 17.7 Å². The molecule has 1 fully saturated rings. The normalized spacial score (nSPS) is 29.3. The second-order valence-corrected chi connectivity index (χ2v) is 10.2. The Labute approximate surface area is 158 Å². The van der Waals surface area contributed by atoms with Crippen LogP contribution in [0.4, 0.5) is 4.79 Å². The van der Waals surface area contributed by atoms with Gasteiger partial charge in [-0.15, -0.1) is 0 Å². The number of alkyl halides is 4. The Morgan fingerprint density at radius 3 is 2.59 bits per heavy atom. The van der Waals surface area contributed by atoms with E-state index in [0.717, 1.165) is 6.42 Å². The lowest BCUT2D eigenvalue weighted by Gasteiger charge is -2.27. The summed E-state index contributed by atoms with van der Waals surface area (Å²) in [5, 5.41) is 0. The van der Waals surface area contributed by atoms with Crippen molar-refractivity contribution in [1.82, 2.24) is 4.90 Å². The lowest BCUT2D eigenvalue weighted by Crippen LogP contribution is -2.41. The molecule has 3 atom stereocenters. The number of fused-ring (bicyclic) bond motifs is 1. The van der Waals surface area contributed by atoms with Crippen molar-refractivity contribution in [3.8, 4) is 0 Å². The monoisotopic (exact) mass is 482 g/mol. The van der Waals surface area contributed by atoms with Crippen LogP contribution in [0.5, 0.6) is 0 Å². The Morgan fingerprint density at radius 1 is 1.41 bits per heavy atom. The van der Waals surface area contributed by atoms with Gasteiger partial charge in [-0.3, -0.25) is 0 Å². The topological polar surface area (TPSA) is 51.1 Å². The van der Waals surface area contributed by atoms with Crippen LogP contribution < -0.4 is 0 Å². The van der Waals surface area contributed by atoms with Gasteiger partial charge in [0.15, 0.2) is 0 Å². The van der Waals surface area contributed by atoms with Gasteiger partial charge in [0.2, 0.25) is 5.90 Å². The lowest BCUT2D eigenvalue weighted by molar-refractivity contribution is 0.0246. The van der Waals surface area contributed by atoms with Crippen LogP contribution in [0.2, 0.25) is 0 Å². The van der Waals surface area contributed by atoms with Crippen LogP contribution in [0.3, 0.4) is 0 Å². The molecule has 1 saturated heterocycles. The molecule has 5 nitrogen and oxygen atoms in total. The highest BCUT2D eigenvalue weighted by Gasteiger charge is 2.46. The average molecular weight is 484 g/mol. The highest BCUT2D eigenvalue weighted by molar-refractivity contribution is 14.1. The fourth-order valence-corrected chi connectivity index (χ4v) is 3.50. The molecule has 0 aromatic heterocycles. The molecule has 2 rings (SSSR count). The van der Waals surface area contributed by atoms with E-state index < -0.39 is 9.39 Å². The predicted molar refractivity (Wildman–Crippen MR) is 96.6 cm³/mol. The van der Waals surface area contributed by atoms with Crippen LogP contribution in [0, 0.1) is 0 Å². The first kappa shape index (κ1) is 18.7. The fraction of sp³-hybridized carbons (Fsp3) is 0.846. The van der Waals surface area contributed by atoms with E-state index in [-0.39, 0.29) is 28.1 Å². The van der Waals surface area contributed by atoms with Crippen molar-refractivity contribution >= 4 is 69.4 Å². The zero-order chi connectivity index (χ0) is 16.7. The largest absolute Gasteiger partial charge is 0.471 e. The molecule has 1 amide bonds. The molecule has 2 heterocycles. The van der Waals surface area contributed by atoms with Crippen LogP contribution in [0.25, 0.3) is 0 Å². The van der Waals surface area contributed by atoms with Gasteiger partial charge in [-0.1, -0.05) is 57.4 Å². The van der Waals surface area contributed by atoms with E-state index in [1.807, 2.05) is 20.8 Å². The first-order valence-electron chi connectivity index (χ1n) is 6.91. The quantitative estimate of drug-likeness (QED) is 0.387. The van der Waals surface area contributed by atoms with Crippen molar-refractivity contribution in [3.63, 3.8) is 0 Å². The number of amides is 1. The smallest absolute Gasteiger partial charge is 0.410 e. The Kier molecular flexibility index (Phi) is 5.68. The number of hydrogen-bond acceptors (Lipinski definition) is 4. The van der Waals surface area contributed by atoms with Crippen molar-refractivity contribution in [2.45, 2.75) is 52.7 Å². The number of rotatable bonds is 0. The zero-order valence-electron chi connectivity index (χ0n) is 12.5. The number of likely N-dealkylation sites (tertiary alicyclic amines) is 1. The molecule has 0 N–H and O–H groups in total. The Hall–Kier alpha value is 0.340. The summed E-state index contributed by atoms with van der Waals surface area (Å²) in [6, 6.07) is -0.248. The maximum Gasteiger partial charge on any atom is 0.410 e. The molecule has 0 aromatic carbocycles. The summed E-state index contributed by atoms with van der Waals surface area (Å²) in [4.78, 5) is 18.3. The SMILES string of the molecule is CC(C)(C)OC(=O)N1CC[C@H](I)[C@H]2OC(C(Cl)(Cl)Cl)=N[C@H]2C1. The first-order valence-corrected chi connectivity index (χ1v) is 9.29. The van der Waals surface area contributed by atoms with E-state index in [2.05, 4.69) is 27.6 Å². The summed E-state index contributed by atoms with van der Waals surface area (Å²) in [5.74, 6) is 0.0974. The second kappa shape index (κ2) is 6.69. The maximum absolute atomic E-state index is 12.3. The predicted octanol–water partition coefficient (Wildman–Crippen LogP) is 3.97. The van der Waals surface area contributed by atoms with Crippen molar-refractivity contribution in [2.24, 2.45) is 4.99 Å². The summed E-state index contributed by atoms with van der Waals surface area (Å²) in [5.41, 5.74) is -0.537. The molecule has 0 aromatic rings. The van der Waals surface area contributed by atoms with Gasteiger partial charge in [-0.25, -0.2) is 9.79 Å². The third kappa shape index (κ3) is 4.68. The van der Waals surface area contributed by atoms with Gasteiger partial charge < -0.3 is 14.4 Å². The summed E-state index contributed by atoms with van der Waals surface area (Å²) < 4.78 is 9.64. The number of carbonyl (C=O) groups excluding carboxylic acids is 1. The van der Waals surface area contributed by atoms with Gasteiger partial charge in [0.05, 0.1) is 10.5 Å². The molecule has 2 aliphatic rings. The molecule has 22 heavy (non-hydrogen) atoms. The van der Waals surface area contributed by atoms with E-state index in [4.69, 9.17) is 44.3 Å². The number of carbonyl (C=O) groups is 1. The molecule has 0 radical (unpaired) electrons. The zero-order valence-corrected chi connectivity index (χ0v) is 16.9. The molecule has 0 bridgehead atoms. The van der Waals surface area contributed by atoms with Gasteiger partial charge in [-0.05, 0) is 27.2 Å². The number of nitrogens with zero attached hydrogens (tertiary/aromatic N) is 2. The number of aliphatic imine (C=N–C) groups is 1. The minimum atomic E-state index is -1.68. The molecule has 0 spiro atoms. The lowest BCUT2D eigenvalue weighted by atomic mass is 10.1. The molecule has 2 aliphatic heterocycles. The standard InChI is InChI=1S/C13H18Cl3IN2O3/c1-12(2,3)22-11(20)19-5-4-7(17)9-8(6-19)18-10(21-9)13(14,15)16/h7-9H,4-6H2,1-3H3/t7-,8-,9+/m0/s1. The van der Waals surface area contributed by atoms with E-state index in [9.17, 15) is 4.79 Å². The molecular formula is C13H18Cl3IN2O3. The number of hydrogen-bond donors (Lipinski definition) is 0. The van der Waals surface area contributed by atoms with Crippen molar-refractivity contribution in [2.75, 3.05) is 13.1 Å². The van der Waals surface area contributed by atoms with E-state index in [0.29, 0.717) is 13.1 Å². The molecule has 126 valence electrons. The molecular weight excluding hydrogens is 465 g/mol. The highest BCUT2D eigenvalue weighted by Crippen LogP contribution is 2.37. The fourth-order valence-electron chi connectivity index (χ4n) is 2.31. The van der Waals surface area contributed by atoms with Crippen LogP contribution in [-0.4, -0.2) is 55.4 Å². The third-order valence-electron chi connectivity index (χ3n) is 3.24. The summed E-state index contributed by atoms with van der Waals surface area (Å²) in [6.07, 6.45) is 0.219. The van der Waals surface area contributed by atoms with E-state index in [1.54, 1.807) is 4.90 Å². The second-order valence-electron chi connectivity index (χ2n) is 6.31. The van der Waals surface area contributed by atoms with Gasteiger partial charge in [0, 0.05) is 6.54 Å². The van der Waals surface area contributed by atoms with Gasteiger partial charge in [0.25, 0.3) is 3.79 Å². The summed E-state index contributed by atoms with van der Waals surface area (Å²) in [7, 11) is 0. The molecule has 0 saturated carbocycles. The van der Waals surface area contributed by atoms with Gasteiger partial charge in [-0.2, -0.15) is 0 Å². The van der Waals surface area contributed by atoms with Crippen molar-refractivity contribution in [3.05, 3.63) is 0 Å².